The summed E-state index contributed by atoms with van der Waals surface area (Å²) in [5.74, 6) is -9.64. The lowest BCUT2D eigenvalue weighted by molar-refractivity contribution is 0.381. The second-order valence-corrected chi connectivity index (χ2v) is 4.38. The van der Waals surface area contributed by atoms with E-state index in [1.54, 1.807) is 0 Å². The highest BCUT2D eigenvalue weighted by atomic mass is 19.2. The molecule has 0 saturated heterocycles. The van der Waals surface area contributed by atoms with Gasteiger partial charge in [-0.25, -0.2) is 22.0 Å². The van der Waals surface area contributed by atoms with Crippen LogP contribution in [0, 0.1) is 29.1 Å². The summed E-state index contributed by atoms with van der Waals surface area (Å²) >= 11 is 0. The highest BCUT2D eigenvalue weighted by Gasteiger charge is 2.25. The molecule has 1 N–H and O–H groups in total. The first kappa shape index (κ1) is 13.8. The minimum absolute atomic E-state index is 0.129. The average Bonchev–Trinajstić information content (AvgIpc) is 2.91. The lowest BCUT2D eigenvalue weighted by Gasteiger charge is -2.11. The molecule has 0 bridgehead atoms. The number of hydrogen-bond acceptors (Lipinski definition) is 1. The minimum atomic E-state index is -2.14. The Morgan fingerprint density at radius 3 is 2.00 bits per heavy atom. The van der Waals surface area contributed by atoms with E-state index in [0.717, 1.165) is 24.8 Å². The quantitative estimate of drug-likeness (QED) is 0.374. The van der Waals surface area contributed by atoms with E-state index < -0.39 is 34.8 Å². The van der Waals surface area contributed by atoms with Gasteiger partial charge in [0.25, 0.3) is 0 Å². The zero-order valence-electron chi connectivity index (χ0n) is 10.0. The van der Waals surface area contributed by atoms with Crippen LogP contribution in [0.3, 0.4) is 0 Å². The Morgan fingerprint density at radius 2 is 1.47 bits per heavy atom. The lowest BCUT2D eigenvalue weighted by atomic mass is 10.1. The Bertz CT molecular complexity index is 495. The second kappa shape index (κ2) is 5.59. The molecule has 0 unspecified atom stereocenters. The van der Waals surface area contributed by atoms with Gasteiger partial charge in [-0.2, -0.15) is 0 Å². The Labute approximate surface area is 107 Å². The van der Waals surface area contributed by atoms with Gasteiger partial charge in [-0.15, -0.1) is 0 Å². The smallest absolute Gasteiger partial charge is 0.200 e. The maximum atomic E-state index is 13.3. The topological polar surface area (TPSA) is 12.0 Å². The highest BCUT2D eigenvalue weighted by Crippen LogP contribution is 2.27. The molecule has 19 heavy (non-hydrogen) atoms. The predicted octanol–water partition coefficient (Wildman–Crippen LogP) is 4.29. The second-order valence-electron chi connectivity index (χ2n) is 4.38. The number of rotatable bonds is 4. The van der Waals surface area contributed by atoms with E-state index in [1.807, 2.05) is 6.08 Å². The average molecular weight is 277 g/mol. The summed E-state index contributed by atoms with van der Waals surface area (Å²) in [4.78, 5) is 0. The highest BCUT2D eigenvalue weighted by molar-refractivity contribution is 5.47. The number of benzene rings is 1. The van der Waals surface area contributed by atoms with E-state index in [0.29, 0.717) is 6.42 Å². The van der Waals surface area contributed by atoms with Crippen LogP contribution in [0.1, 0.15) is 25.7 Å². The number of hydrogen-bond donors (Lipinski definition) is 1. The summed E-state index contributed by atoms with van der Waals surface area (Å²) in [6.07, 6.45) is 5.48. The molecule has 1 aliphatic carbocycles. The molecule has 0 radical (unpaired) electrons. The Balaban J connectivity index is 2.11. The van der Waals surface area contributed by atoms with Gasteiger partial charge in [0.1, 0.15) is 5.69 Å². The van der Waals surface area contributed by atoms with Crippen LogP contribution < -0.4 is 5.32 Å². The van der Waals surface area contributed by atoms with Crippen LogP contribution in [-0.4, -0.2) is 6.54 Å². The monoisotopic (exact) mass is 277 g/mol. The fourth-order valence-electron chi connectivity index (χ4n) is 2.07. The van der Waals surface area contributed by atoms with Crippen molar-refractivity contribution in [2.45, 2.75) is 25.7 Å². The van der Waals surface area contributed by atoms with E-state index in [1.165, 1.54) is 0 Å². The molecule has 0 aliphatic heterocycles. The Hall–Kier alpha value is -1.59. The van der Waals surface area contributed by atoms with Crippen molar-refractivity contribution in [3.8, 4) is 0 Å². The van der Waals surface area contributed by atoms with Crippen LogP contribution >= 0.6 is 0 Å². The third-order valence-corrected chi connectivity index (χ3v) is 3.09. The molecule has 0 heterocycles. The van der Waals surface area contributed by atoms with Crippen molar-refractivity contribution in [1.82, 2.24) is 0 Å². The Morgan fingerprint density at radius 1 is 0.895 bits per heavy atom. The van der Waals surface area contributed by atoms with Crippen LogP contribution in [0.2, 0.25) is 0 Å². The van der Waals surface area contributed by atoms with Crippen LogP contribution in [0.15, 0.2) is 11.6 Å². The first-order valence-electron chi connectivity index (χ1n) is 5.95. The fourth-order valence-corrected chi connectivity index (χ4v) is 2.07. The summed E-state index contributed by atoms with van der Waals surface area (Å²) in [5.41, 5.74) is 0.173. The largest absolute Gasteiger partial charge is 0.380 e. The van der Waals surface area contributed by atoms with Gasteiger partial charge in [0.15, 0.2) is 23.3 Å². The third-order valence-electron chi connectivity index (χ3n) is 3.09. The molecule has 1 aromatic carbocycles. The molecule has 0 atom stereocenters. The van der Waals surface area contributed by atoms with Gasteiger partial charge in [0.05, 0.1) is 0 Å². The molecule has 1 aromatic rings. The van der Waals surface area contributed by atoms with E-state index >= 15 is 0 Å². The van der Waals surface area contributed by atoms with Crippen molar-refractivity contribution in [2.75, 3.05) is 11.9 Å². The SMILES string of the molecule is Fc1c(F)c(F)c(NCCC2=CCCC2)c(F)c1F. The lowest BCUT2D eigenvalue weighted by Crippen LogP contribution is -2.11. The van der Waals surface area contributed by atoms with Crippen molar-refractivity contribution >= 4 is 5.69 Å². The van der Waals surface area contributed by atoms with Crippen LogP contribution in [0.5, 0.6) is 0 Å². The summed E-state index contributed by atoms with van der Waals surface area (Å²) < 4.78 is 65.2. The molecule has 6 heteroatoms. The van der Waals surface area contributed by atoms with E-state index in [-0.39, 0.29) is 6.54 Å². The van der Waals surface area contributed by atoms with Crippen molar-refractivity contribution in [1.29, 1.82) is 0 Å². The van der Waals surface area contributed by atoms with Gasteiger partial charge in [-0.05, 0) is 25.7 Å². The zero-order chi connectivity index (χ0) is 14.0. The van der Waals surface area contributed by atoms with Crippen molar-refractivity contribution < 1.29 is 22.0 Å². The molecule has 104 valence electrons. The van der Waals surface area contributed by atoms with E-state index in [2.05, 4.69) is 5.32 Å². The molecule has 1 aliphatic rings. The van der Waals surface area contributed by atoms with Crippen LogP contribution in [0.4, 0.5) is 27.6 Å². The van der Waals surface area contributed by atoms with Gasteiger partial charge >= 0.3 is 0 Å². The number of nitrogens with one attached hydrogen (secondary N) is 1. The van der Waals surface area contributed by atoms with Gasteiger partial charge in [-0.1, -0.05) is 11.6 Å². The van der Waals surface area contributed by atoms with Gasteiger partial charge < -0.3 is 5.32 Å². The predicted molar refractivity (Wildman–Crippen MR) is 61.3 cm³/mol. The molecule has 0 saturated carbocycles. The van der Waals surface area contributed by atoms with Gasteiger partial charge in [0.2, 0.25) is 5.82 Å². The molecule has 0 spiro atoms. The van der Waals surface area contributed by atoms with Crippen LogP contribution in [0.25, 0.3) is 0 Å². The molecule has 0 amide bonds. The third kappa shape index (κ3) is 2.72. The molecule has 0 fully saturated rings. The molecule has 1 nitrogen and oxygen atoms in total. The van der Waals surface area contributed by atoms with Crippen LogP contribution in [-0.2, 0) is 0 Å². The zero-order valence-corrected chi connectivity index (χ0v) is 10.0. The molecular weight excluding hydrogens is 265 g/mol. The first-order valence-corrected chi connectivity index (χ1v) is 5.95. The number of allylic oxidation sites excluding steroid dienone is 1. The summed E-state index contributed by atoms with van der Waals surface area (Å²) in [7, 11) is 0. The summed E-state index contributed by atoms with van der Waals surface area (Å²) in [6, 6.07) is 0. The normalized spacial score (nSPS) is 14.7. The maximum absolute atomic E-state index is 13.3. The minimum Gasteiger partial charge on any atom is -0.380 e. The van der Waals surface area contributed by atoms with E-state index in [4.69, 9.17) is 0 Å². The summed E-state index contributed by atoms with van der Waals surface area (Å²) in [6.45, 7) is 0.129. The standard InChI is InChI=1S/C13H12F5N/c14-8-9(15)11(17)13(12(18)10(8)16)19-6-5-7-3-1-2-4-7/h3,19H,1-2,4-6H2. The first-order chi connectivity index (χ1) is 9.02. The number of anilines is 1. The van der Waals surface area contributed by atoms with Crippen molar-refractivity contribution in [3.05, 3.63) is 40.7 Å². The molecule has 0 aromatic heterocycles. The number of halogens is 5. The fraction of sp³-hybridized carbons (Fsp3) is 0.385. The van der Waals surface area contributed by atoms with Crippen molar-refractivity contribution in [2.24, 2.45) is 0 Å². The maximum Gasteiger partial charge on any atom is 0.200 e. The Kier molecular flexibility index (Phi) is 4.07. The van der Waals surface area contributed by atoms with E-state index in [9.17, 15) is 22.0 Å². The summed E-state index contributed by atoms with van der Waals surface area (Å²) in [5, 5.41) is 2.28. The molecule has 2 rings (SSSR count). The van der Waals surface area contributed by atoms with Gasteiger partial charge in [0, 0.05) is 6.54 Å². The van der Waals surface area contributed by atoms with Gasteiger partial charge in [-0.3, -0.25) is 0 Å². The van der Waals surface area contributed by atoms with Crippen molar-refractivity contribution in [3.63, 3.8) is 0 Å². The molecular formula is C13H12F5N.